The van der Waals surface area contributed by atoms with Gasteiger partial charge in [0.05, 0.1) is 23.8 Å². The molecule has 3 N–H and O–H groups in total. The van der Waals surface area contributed by atoms with Crippen LogP contribution in [0.3, 0.4) is 0 Å². The van der Waals surface area contributed by atoms with E-state index in [0.717, 1.165) is 5.69 Å². The van der Waals surface area contributed by atoms with Crippen LogP contribution in [0.15, 0.2) is 42.9 Å². The molecular formula is C16H16N4O. The second-order valence-electron chi connectivity index (χ2n) is 4.42. The van der Waals surface area contributed by atoms with Crippen LogP contribution < -0.4 is 11.1 Å². The van der Waals surface area contributed by atoms with Gasteiger partial charge in [-0.3, -0.25) is 14.8 Å². The molecule has 0 aliphatic rings. The summed E-state index contributed by atoms with van der Waals surface area (Å²) in [6.07, 6.45) is 4.80. The number of hydrogen-bond acceptors (Lipinski definition) is 4. The van der Waals surface area contributed by atoms with Crippen molar-refractivity contribution in [3.63, 3.8) is 0 Å². The van der Waals surface area contributed by atoms with E-state index in [2.05, 4.69) is 27.1 Å². The molecule has 1 amide bonds. The number of nitrogens with zero attached hydrogens (tertiary/aromatic N) is 2. The van der Waals surface area contributed by atoms with E-state index in [4.69, 9.17) is 5.73 Å². The molecule has 5 nitrogen and oxygen atoms in total. The van der Waals surface area contributed by atoms with Crippen molar-refractivity contribution < 1.29 is 4.79 Å². The van der Waals surface area contributed by atoms with Crippen LogP contribution in [0.4, 0.5) is 0 Å². The van der Waals surface area contributed by atoms with Crippen molar-refractivity contribution in [3.05, 3.63) is 59.7 Å². The summed E-state index contributed by atoms with van der Waals surface area (Å²) in [7, 11) is 0. The van der Waals surface area contributed by atoms with Crippen LogP contribution in [-0.2, 0) is 0 Å². The van der Waals surface area contributed by atoms with E-state index in [9.17, 15) is 4.79 Å². The van der Waals surface area contributed by atoms with Gasteiger partial charge in [-0.15, -0.1) is 0 Å². The van der Waals surface area contributed by atoms with Gasteiger partial charge in [-0.1, -0.05) is 17.9 Å². The highest BCUT2D eigenvalue weighted by Crippen LogP contribution is 2.10. The molecule has 0 fully saturated rings. The average molecular weight is 280 g/mol. The van der Waals surface area contributed by atoms with E-state index in [1.165, 1.54) is 6.20 Å². The van der Waals surface area contributed by atoms with E-state index in [0.29, 0.717) is 11.1 Å². The first-order valence-electron chi connectivity index (χ1n) is 6.56. The van der Waals surface area contributed by atoms with Gasteiger partial charge in [0.1, 0.15) is 0 Å². The summed E-state index contributed by atoms with van der Waals surface area (Å²) < 4.78 is 0. The Hall–Kier alpha value is -2.71. The highest BCUT2D eigenvalue weighted by Gasteiger charge is 2.12. The minimum absolute atomic E-state index is 0.183. The summed E-state index contributed by atoms with van der Waals surface area (Å²) in [5, 5.41) is 2.88. The predicted molar refractivity (Wildman–Crippen MR) is 80.3 cm³/mol. The quantitative estimate of drug-likeness (QED) is 0.830. The van der Waals surface area contributed by atoms with Crippen molar-refractivity contribution in [1.29, 1.82) is 0 Å². The van der Waals surface area contributed by atoms with E-state index >= 15 is 0 Å². The molecule has 2 rings (SSSR count). The molecule has 0 aromatic carbocycles. The molecule has 5 heteroatoms. The zero-order chi connectivity index (χ0) is 15.1. The Kier molecular flexibility index (Phi) is 5.02. The van der Waals surface area contributed by atoms with Crippen LogP contribution in [0, 0.1) is 11.8 Å². The van der Waals surface area contributed by atoms with Crippen molar-refractivity contribution in [2.45, 2.75) is 13.0 Å². The number of hydrogen-bond donors (Lipinski definition) is 2. The molecule has 0 spiro atoms. The monoisotopic (exact) mass is 280 g/mol. The molecule has 2 heterocycles. The Balaban J connectivity index is 2.10. The Bertz CT molecular complexity index is 673. The summed E-state index contributed by atoms with van der Waals surface area (Å²) in [6.45, 7) is 2.15. The fraction of sp³-hybridized carbons (Fsp3) is 0.188. The van der Waals surface area contributed by atoms with Crippen molar-refractivity contribution in [1.82, 2.24) is 15.3 Å². The Labute approximate surface area is 123 Å². The molecule has 0 aliphatic carbocycles. The third-order valence-corrected chi connectivity index (χ3v) is 2.81. The highest BCUT2D eigenvalue weighted by molar-refractivity contribution is 5.94. The van der Waals surface area contributed by atoms with Crippen LogP contribution in [0.25, 0.3) is 0 Å². The summed E-state index contributed by atoms with van der Waals surface area (Å²) in [6, 6.07) is 7.09. The number of carbonyl (C=O) groups is 1. The van der Waals surface area contributed by atoms with Gasteiger partial charge in [0.15, 0.2) is 0 Å². The van der Waals surface area contributed by atoms with Gasteiger partial charge in [0, 0.05) is 24.2 Å². The average Bonchev–Trinajstić information content (AvgIpc) is 2.54. The summed E-state index contributed by atoms with van der Waals surface area (Å²) in [4.78, 5) is 20.4. The number of aromatic nitrogens is 2. The third-order valence-electron chi connectivity index (χ3n) is 2.81. The van der Waals surface area contributed by atoms with Crippen molar-refractivity contribution in [3.8, 4) is 11.8 Å². The number of nitrogens with two attached hydrogens (primary N) is 1. The van der Waals surface area contributed by atoms with Crippen molar-refractivity contribution in [2.24, 2.45) is 5.73 Å². The molecule has 1 unspecified atom stereocenters. The molecule has 21 heavy (non-hydrogen) atoms. The number of rotatable bonds is 3. The molecule has 1 atom stereocenters. The SMILES string of the molecule is CC(NC(=O)c1cncc(C#CCN)c1)c1ccccn1. The fourth-order valence-corrected chi connectivity index (χ4v) is 1.77. The van der Waals surface area contributed by atoms with Gasteiger partial charge in [-0.05, 0) is 25.1 Å². The maximum atomic E-state index is 12.2. The van der Waals surface area contributed by atoms with Crippen molar-refractivity contribution in [2.75, 3.05) is 6.54 Å². The minimum Gasteiger partial charge on any atom is -0.344 e. The van der Waals surface area contributed by atoms with Gasteiger partial charge in [-0.2, -0.15) is 0 Å². The lowest BCUT2D eigenvalue weighted by atomic mass is 10.1. The van der Waals surface area contributed by atoms with E-state index in [1.54, 1.807) is 18.5 Å². The molecule has 0 aliphatic heterocycles. The molecule has 2 aromatic rings. The lowest BCUT2D eigenvalue weighted by Crippen LogP contribution is -2.27. The smallest absolute Gasteiger partial charge is 0.253 e. The van der Waals surface area contributed by atoms with Gasteiger partial charge in [0.2, 0.25) is 0 Å². The van der Waals surface area contributed by atoms with Crippen LogP contribution in [-0.4, -0.2) is 22.4 Å². The molecule has 0 bridgehead atoms. The molecular weight excluding hydrogens is 264 g/mol. The Morgan fingerprint density at radius 3 is 3.00 bits per heavy atom. The normalized spacial score (nSPS) is 11.1. The zero-order valence-electron chi connectivity index (χ0n) is 11.7. The van der Waals surface area contributed by atoms with E-state index in [1.807, 2.05) is 25.1 Å². The van der Waals surface area contributed by atoms with E-state index in [-0.39, 0.29) is 18.5 Å². The molecule has 106 valence electrons. The van der Waals surface area contributed by atoms with E-state index < -0.39 is 0 Å². The third kappa shape index (κ3) is 4.13. The highest BCUT2D eigenvalue weighted by atomic mass is 16.1. The summed E-state index contributed by atoms with van der Waals surface area (Å²) >= 11 is 0. The predicted octanol–water partition coefficient (Wildman–Crippen LogP) is 1.28. The summed E-state index contributed by atoms with van der Waals surface area (Å²) in [5.41, 5.74) is 7.25. The zero-order valence-corrected chi connectivity index (χ0v) is 11.7. The number of amides is 1. The van der Waals surface area contributed by atoms with Crippen molar-refractivity contribution >= 4 is 5.91 Å². The van der Waals surface area contributed by atoms with Crippen LogP contribution in [0.5, 0.6) is 0 Å². The van der Waals surface area contributed by atoms with Gasteiger partial charge in [-0.25, -0.2) is 0 Å². The second-order valence-corrected chi connectivity index (χ2v) is 4.42. The standard InChI is InChI=1S/C16H16N4O/c1-12(15-6-2-3-8-19-15)20-16(21)14-9-13(5-4-7-17)10-18-11-14/h2-3,6,8-12H,7,17H2,1H3,(H,20,21). The number of carbonyl (C=O) groups excluding carboxylic acids is 1. The first kappa shape index (κ1) is 14.7. The lowest BCUT2D eigenvalue weighted by Gasteiger charge is -2.13. The molecule has 0 saturated heterocycles. The minimum atomic E-state index is -0.211. The first-order chi connectivity index (χ1) is 10.2. The topological polar surface area (TPSA) is 80.9 Å². The van der Waals surface area contributed by atoms with Crippen LogP contribution >= 0.6 is 0 Å². The Morgan fingerprint density at radius 1 is 1.43 bits per heavy atom. The fourth-order valence-electron chi connectivity index (χ4n) is 1.77. The lowest BCUT2D eigenvalue weighted by molar-refractivity contribution is 0.0938. The van der Waals surface area contributed by atoms with Gasteiger partial charge >= 0.3 is 0 Å². The number of nitrogens with one attached hydrogen (secondary N) is 1. The molecule has 0 saturated carbocycles. The Morgan fingerprint density at radius 2 is 2.29 bits per heavy atom. The molecule has 0 radical (unpaired) electrons. The first-order valence-corrected chi connectivity index (χ1v) is 6.56. The maximum absolute atomic E-state index is 12.2. The number of pyridine rings is 2. The summed E-state index contributed by atoms with van der Waals surface area (Å²) in [5.74, 6) is 5.38. The van der Waals surface area contributed by atoms with Crippen LogP contribution in [0.2, 0.25) is 0 Å². The molecule has 2 aromatic heterocycles. The second kappa shape index (κ2) is 7.17. The maximum Gasteiger partial charge on any atom is 0.253 e. The van der Waals surface area contributed by atoms with Crippen LogP contribution in [0.1, 0.15) is 34.6 Å². The largest absolute Gasteiger partial charge is 0.344 e. The van der Waals surface area contributed by atoms with Gasteiger partial charge < -0.3 is 11.1 Å². The van der Waals surface area contributed by atoms with Gasteiger partial charge in [0.25, 0.3) is 5.91 Å².